The molecule has 0 bridgehead atoms. The fourth-order valence-electron chi connectivity index (χ4n) is 3.77. The molecule has 0 aliphatic carbocycles. The molecular weight excluding hydrogens is 374 g/mol. The van der Waals surface area contributed by atoms with Crippen LogP contribution in [0.3, 0.4) is 0 Å². The van der Waals surface area contributed by atoms with Gasteiger partial charge in [0, 0.05) is 18.8 Å². The summed E-state index contributed by atoms with van der Waals surface area (Å²) in [6, 6.07) is 19.7. The maximum atomic E-state index is 12.8. The topological polar surface area (TPSA) is 81.9 Å². The van der Waals surface area contributed by atoms with Crippen molar-refractivity contribution >= 4 is 17.4 Å². The Bertz CT molecular complexity index is 1040. The molecule has 30 heavy (non-hydrogen) atoms. The average molecular weight is 397 g/mol. The van der Waals surface area contributed by atoms with Gasteiger partial charge in [0.1, 0.15) is 11.5 Å². The standard InChI is InChI=1S/C24H23N5O/c25-15-20-7-4-8-21(14-20)28-23-17-26-22(16-27-23)24(30)29-11-9-19(10-12-29)13-18-5-2-1-3-6-18/h1-8,14,16-17,19H,9-13H2,(H,27,28). The molecule has 1 aliphatic rings. The third kappa shape index (κ3) is 4.81. The van der Waals surface area contributed by atoms with E-state index in [1.165, 1.54) is 11.8 Å². The molecule has 2 heterocycles. The van der Waals surface area contributed by atoms with Crippen LogP contribution in [0.2, 0.25) is 0 Å². The molecule has 1 saturated heterocycles. The van der Waals surface area contributed by atoms with Gasteiger partial charge in [-0.05, 0) is 48.9 Å². The Kier molecular flexibility index (Phi) is 6.00. The van der Waals surface area contributed by atoms with Crippen molar-refractivity contribution in [3.63, 3.8) is 0 Å². The number of carbonyl (C=O) groups is 1. The van der Waals surface area contributed by atoms with E-state index in [1.807, 2.05) is 17.0 Å². The number of amides is 1. The molecule has 0 spiro atoms. The Morgan fingerprint density at radius 1 is 1.07 bits per heavy atom. The molecule has 1 amide bonds. The van der Waals surface area contributed by atoms with Crippen molar-refractivity contribution in [1.82, 2.24) is 14.9 Å². The maximum absolute atomic E-state index is 12.8. The molecule has 150 valence electrons. The van der Waals surface area contributed by atoms with Crippen LogP contribution in [0.5, 0.6) is 0 Å². The molecule has 0 atom stereocenters. The Hall–Kier alpha value is -3.72. The van der Waals surface area contributed by atoms with E-state index >= 15 is 0 Å². The zero-order valence-corrected chi connectivity index (χ0v) is 16.7. The summed E-state index contributed by atoms with van der Waals surface area (Å²) in [7, 11) is 0. The minimum Gasteiger partial charge on any atom is -0.339 e. The van der Waals surface area contributed by atoms with E-state index in [1.54, 1.807) is 24.4 Å². The molecular formula is C24H23N5O. The van der Waals surface area contributed by atoms with Crippen molar-refractivity contribution in [3.8, 4) is 6.07 Å². The van der Waals surface area contributed by atoms with E-state index in [0.717, 1.165) is 38.0 Å². The lowest BCUT2D eigenvalue weighted by Gasteiger charge is -2.31. The van der Waals surface area contributed by atoms with E-state index < -0.39 is 0 Å². The highest BCUT2D eigenvalue weighted by Gasteiger charge is 2.24. The first kappa shape index (κ1) is 19.6. The number of hydrogen-bond donors (Lipinski definition) is 1. The van der Waals surface area contributed by atoms with Crippen LogP contribution in [0.1, 0.15) is 34.5 Å². The van der Waals surface area contributed by atoms with Crippen LogP contribution in [0.4, 0.5) is 11.5 Å². The Balaban J connectivity index is 1.32. The molecule has 0 unspecified atom stereocenters. The number of piperidine rings is 1. The van der Waals surface area contributed by atoms with Gasteiger partial charge in [0.05, 0.1) is 24.0 Å². The molecule has 4 rings (SSSR count). The lowest BCUT2D eigenvalue weighted by Crippen LogP contribution is -2.39. The van der Waals surface area contributed by atoms with Crippen LogP contribution in [-0.4, -0.2) is 33.9 Å². The van der Waals surface area contributed by atoms with Gasteiger partial charge in [-0.25, -0.2) is 9.97 Å². The molecule has 6 heteroatoms. The van der Waals surface area contributed by atoms with Crippen LogP contribution in [0.15, 0.2) is 67.0 Å². The summed E-state index contributed by atoms with van der Waals surface area (Å²) in [6.45, 7) is 1.50. The van der Waals surface area contributed by atoms with Crippen LogP contribution in [0, 0.1) is 17.2 Å². The summed E-state index contributed by atoms with van der Waals surface area (Å²) in [6.07, 6.45) is 6.13. The molecule has 1 N–H and O–H groups in total. The van der Waals surface area contributed by atoms with E-state index in [4.69, 9.17) is 5.26 Å². The average Bonchev–Trinajstić information content (AvgIpc) is 2.80. The smallest absolute Gasteiger partial charge is 0.274 e. The van der Waals surface area contributed by atoms with Crippen molar-refractivity contribution < 1.29 is 4.79 Å². The molecule has 1 aromatic heterocycles. The number of hydrogen-bond acceptors (Lipinski definition) is 5. The molecule has 0 saturated carbocycles. The summed E-state index contributed by atoms with van der Waals surface area (Å²) in [5, 5.41) is 12.1. The first-order chi connectivity index (χ1) is 14.7. The number of nitrogens with zero attached hydrogens (tertiary/aromatic N) is 4. The predicted octanol–water partition coefficient (Wildman–Crippen LogP) is 4.19. The number of nitrogens with one attached hydrogen (secondary N) is 1. The van der Waals surface area contributed by atoms with Crippen molar-refractivity contribution in [2.24, 2.45) is 5.92 Å². The van der Waals surface area contributed by atoms with Crippen LogP contribution in [-0.2, 0) is 6.42 Å². The van der Waals surface area contributed by atoms with Gasteiger partial charge in [0.25, 0.3) is 5.91 Å². The highest BCUT2D eigenvalue weighted by Crippen LogP contribution is 2.23. The van der Waals surface area contributed by atoms with E-state index in [-0.39, 0.29) is 5.91 Å². The van der Waals surface area contributed by atoms with E-state index in [9.17, 15) is 4.79 Å². The van der Waals surface area contributed by atoms with Crippen LogP contribution < -0.4 is 5.32 Å². The summed E-state index contributed by atoms with van der Waals surface area (Å²) in [5.41, 5.74) is 3.03. The predicted molar refractivity (Wildman–Crippen MR) is 115 cm³/mol. The number of likely N-dealkylation sites (tertiary alicyclic amines) is 1. The lowest BCUT2D eigenvalue weighted by molar-refractivity contribution is 0.0684. The zero-order valence-electron chi connectivity index (χ0n) is 16.7. The van der Waals surface area contributed by atoms with Crippen molar-refractivity contribution in [3.05, 3.63) is 83.8 Å². The number of carbonyl (C=O) groups excluding carboxylic acids is 1. The minimum absolute atomic E-state index is 0.0707. The molecule has 3 aromatic rings. The van der Waals surface area contributed by atoms with Crippen molar-refractivity contribution in [1.29, 1.82) is 5.26 Å². The van der Waals surface area contributed by atoms with Crippen molar-refractivity contribution in [2.45, 2.75) is 19.3 Å². The highest BCUT2D eigenvalue weighted by atomic mass is 16.2. The fraction of sp³-hybridized carbons (Fsp3) is 0.250. The van der Waals surface area contributed by atoms with Crippen LogP contribution >= 0.6 is 0 Å². The Morgan fingerprint density at radius 2 is 1.87 bits per heavy atom. The maximum Gasteiger partial charge on any atom is 0.274 e. The summed E-state index contributed by atoms with van der Waals surface area (Å²) >= 11 is 0. The number of nitriles is 1. The highest BCUT2D eigenvalue weighted by molar-refractivity contribution is 5.92. The first-order valence-corrected chi connectivity index (χ1v) is 10.1. The van der Waals surface area contributed by atoms with Crippen LogP contribution in [0.25, 0.3) is 0 Å². The second-order valence-corrected chi connectivity index (χ2v) is 7.53. The quantitative estimate of drug-likeness (QED) is 0.698. The summed E-state index contributed by atoms with van der Waals surface area (Å²) < 4.78 is 0. The van der Waals surface area contributed by atoms with Gasteiger partial charge in [-0.1, -0.05) is 36.4 Å². The second-order valence-electron chi connectivity index (χ2n) is 7.53. The normalized spacial score (nSPS) is 14.2. The molecule has 1 fully saturated rings. The zero-order chi connectivity index (χ0) is 20.8. The van der Waals surface area contributed by atoms with E-state index in [0.29, 0.717) is 23.0 Å². The molecule has 6 nitrogen and oxygen atoms in total. The number of rotatable bonds is 5. The lowest BCUT2D eigenvalue weighted by atomic mass is 9.90. The van der Waals surface area contributed by atoms with Gasteiger partial charge in [-0.3, -0.25) is 4.79 Å². The van der Waals surface area contributed by atoms with Gasteiger partial charge >= 0.3 is 0 Å². The van der Waals surface area contributed by atoms with Gasteiger partial charge < -0.3 is 10.2 Å². The minimum atomic E-state index is -0.0707. The third-order valence-electron chi connectivity index (χ3n) is 5.40. The van der Waals surface area contributed by atoms with Crippen molar-refractivity contribution in [2.75, 3.05) is 18.4 Å². The van der Waals surface area contributed by atoms with Gasteiger partial charge in [-0.15, -0.1) is 0 Å². The molecule has 2 aromatic carbocycles. The molecule has 0 radical (unpaired) electrons. The third-order valence-corrected chi connectivity index (χ3v) is 5.40. The number of benzene rings is 2. The summed E-state index contributed by atoms with van der Waals surface area (Å²) in [5.74, 6) is 1.07. The number of anilines is 2. The number of aromatic nitrogens is 2. The summed E-state index contributed by atoms with van der Waals surface area (Å²) in [4.78, 5) is 23.3. The first-order valence-electron chi connectivity index (χ1n) is 10.1. The van der Waals surface area contributed by atoms with E-state index in [2.05, 4.69) is 45.6 Å². The fourth-order valence-corrected chi connectivity index (χ4v) is 3.77. The van der Waals surface area contributed by atoms with Gasteiger partial charge in [0.15, 0.2) is 0 Å². The SMILES string of the molecule is N#Cc1cccc(Nc2cnc(C(=O)N3CCC(Cc4ccccc4)CC3)cn2)c1. The Labute approximate surface area is 176 Å². The monoisotopic (exact) mass is 397 g/mol. The van der Waals surface area contributed by atoms with Gasteiger partial charge in [-0.2, -0.15) is 5.26 Å². The Morgan fingerprint density at radius 3 is 2.57 bits per heavy atom. The van der Waals surface area contributed by atoms with Gasteiger partial charge in [0.2, 0.25) is 0 Å². The molecule has 1 aliphatic heterocycles. The largest absolute Gasteiger partial charge is 0.339 e. The second kappa shape index (κ2) is 9.19.